The minimum absolute atomic E-state index is 0.122. The van der Waals surface area contributed by atoms with Crippen molar-refractivity contribution in [1.29, 1.82) is 0 Å². The predicted octanol–water partition coefficient (Wildman–Crippen LogP) is 4.60. The van der Waals surface area contributed by atoms with Crippen LogP contribution < -0.4 is 9.47 Å². The van der Waals surface area contributed by atoms with Gasteiger partial charge in [0.15, 0.2) is 11.5 Å². The Kier molecular flexibility index (Phi) is 6.39. The molecule has 2 aromatic rings. The van der Waals surface area contributed by atoms with Crippen molar-refractivity contribution in [3.8, 4) is 11.5 Å². The van der Waals surface area contributed by atoms with Gasteiger partial charge < -0.3 is 19.5 Å². The number of nitrogens with zero attached hydrogens (tertiary/aromatic N) is 1. The van der Waals surface area contributed by atoms with Crippen LogP contribution in [-0.4, -0.2) is 35.4 Å². The molecule has 0 bridgehead atoms. The number of rotatable bonds is 7. The molecule has 1 amide bonds. The van der Waals surface area contributed by atoms with Gasteiger partial charge in [-0.3, -0.25) is 9.59 Å². The van der Waals surface area contributed by atoms with Crippen molar-refractivity contribution >= 4 is 11.7 Å². The zero-order chi connectivity index (χ0) is 22.8. The summed E-state index contributed by atoms with van der Waals surface area (Å²) in [5.74, 6) is 0.00504. The third-order valence-corrected chi connectivity index (χ3v) is 5.27. The van der Waals surface area contributed by atoms with Gasteiger partial charge in [0.05, 0.1) is 31.9 Å². The molecule has 0 saturated carbocycles. The van der Waals surface area contributed by atoms with Gasteiger partial charge in [-0.15, -0.1) is 0 Å². The maximum absolute atomic E-state index is 13.3. The maximum Gasteiger partial charge on any atom is 0.290 e. The van der Waals surface area contributed by atoms with E-state index in [0.717, 1.165) is 11.1 Å². The second kappa shape index (κ2) is 8.84. The minimum atomic E-state index is -0.756. The smallest absolute Gasteiger partial charge is 0.290 e. The number of carbonyl (C=O) groups excluding carboxylic acids is 2. The Hall–Kier alpha value is -3.28. The first-order valence-electron chi connectivity index (χ1n) is 10.3. The van der Waals surface area contributed by atoms with E-state index in [9.17, 15) is 14.7 Å². The molecule has 1 aliphatic rings. The molecule has 0 aliphatic carbocycles. The minimum Gasteiger partial charge on any atom is -0.503 e. The molecule has 1 unspecified atom stereocenters. The number of hydrogen-bond acceptors (Lipinski definition) is 5. The molecule has 0 aromatic heterocycles. The van der Waals surface area contributed by atoms with E-state index >= 15 is 0 Å². The Morgan fingerprint density at radius 1 is 1.10 bits per heavy atom. The Bertz CT molecular complexity index is 1000. The van der Waals surface area contributed by atoms with E-state index in [0.29, 0.717) is 18.1 Å². The lowest BCUT2D eigenvalue weighted by Crippen LogP contribution is -2.32. The number of methoxy groups -OCH3 is 1. The summed E-state index contributed by atoms with van der Waals surface area (Å²) in [6.45, 7) is 7.95. The summed E-state index contributed by atoms with van der Waals surface area (Å²) in [6, 6.07) is 13.9. The van der Waals surface area contributed by atoms with Crippen LogP contribution in [0, 0.1) is 5.41 Å². The predicted molar refractivity (Wildman–Crippen MR) is 118 cm³/mol. The number of Topliss-reactive ketones (excluding diaryl/α,β-unsaturated/α-hetero) is 1. The number of para-hydroxylation sites is 1. The number of benzene rings is 2. The summed E-state index contributed by atoms with van der Waals surface area (Å²) in [7, 11) is 1.57. The zero-order valence-electron chi connectivity index (χ0n) is 18.6. The summed E-state index contributed by atoms with van der Waals surface area (Å²) in [4.78, 5) is 27.9. The van der Waals surface area contributed by atoms with Crippen LogP contribution in [0.3, 0.4) is 0 Å². The molecule has 6 heteroatoms. The molecule has 31 heavy (non-hydrogen) atoms. The Balaban J connectivity index is 2.09. The summed E-state index contributed by atoms with van der Waals surface area (Å²) in [6.07, 6.45) is 0. The Morgan fingerprint density at radius 2 is 1.74 bits per heavy atom. The highest BCUT2D eigenvalue weighted by molar-refractivity contribution is 6.10. The van der Waals surface area contributed by atoms with Gasteiger partial charge in [0.1, 0.15) is 11.5 Å². The number of aliphatic hydroxyl groups excluding tert-OH is 1. The van der Waals surface area contributed by atoms with Crippen LogP contribution in [0.5, 0.6) is 11.5 Å². The third kappa shape index (κ3) is 4.43. The first kappa shape index (κ1) is 22.4. The summed E-state index contributed by atoms with van der Waals surface area (Å²) >= 11 is 0. The standard InChI is InChI=1S/C25H29NO5/c1-6-31-18-13-11-16(12-14-18)21-20(23(28)25(2,3)4)22(27)24(29)26(21)15-17-9-7-8-10-19(17)30-5/h7-14,21,27H,6,15H2,1-5H3. The normalized spacial score (nSPS) is 16.6. The van der Waals surface area contributed by atoms with Gasteiger partial charge in [0, 0.05) is 11.0 Å². The lowest BCUT2D eigenvalue weighted by Gasteiger charge is -2.29. The van der Waals surface area contributed by atoms with Crippen molar-refractivity contribution < 1.29 is 24.2 Å². The van der Waals surface area contributed by atoms with Crippen molar-refractivity contribution in [3.63, 3.8) is 0 Å². The second-order valence-corrected chi connectivity index (χ2v) is 8.49. The van der Waals surface area contributed by atoms with Crippen molar-refractivity contribution in [2.75, 3.05) is 13.7 Å². The maximum atomic E-state index is 13.3. The van der Waals surface area contributed by atoms with Crippen molar-refractivity contribution in [2.45, 2.75) is 40.3 Å². The largest absolute Gasteiger partial charge is 0.503 e. The van der Waals surface area contributed by atoms with Gasteiger partial charge in [-0.1, -0.05) is 51.1 Å². The van der Waals surface area contributed by atoms with Crippen molar-refractivity contribution in [2.24, 2.45) is 5.41 Å². The number of ether oxygens (including phenoxy) is 2. The number of carbonyl (C=O) groups is 2. The molecule has 0 spiro atoms. The number of aliphatic hydroxyl groups is 1. The monoisotopic (exact) mass is 423 g/mol. The molecular formula is C25H29NO5. The van der Waals surface area contributed by atoms with Crippen molar-refractivity contribution in [1.82, 2.24) is 4.90 Å². The fraction of sp³-hybridized carbons (Fsp3) is 0.360. The molecule has 1 atom stereocenters. The molecule has 0 fully saturated rings. The van der Waals surface area contributed by atoms with E-state index in [1.54, 1.807) is 40.0 Å². The summed E-state index contributed by atoms with van der Waals surface area (Å²) in [5.41, 5.74) is 0.875. The van der Waals surface area contributed by atoms with E-state index < -0.39 is 23.1 Å². The summed E-state index contributed by atoms with van der Waals surface area (Å²) < 4.78 is 11.0. The molecule has 0 saturated heterocycles. The molecule has 6 nitrogen and oxygen atoms in total. The topological polar surface area (TPSA) is 76.1 Å². The van der Waals surface area contributed by atoms with Gasteiger partial charge in [-0.05, 0) is 30.7 Å². The van der Waals surface area contributed by atoms with Crippen LogP contribution in [0.15, 0.2) is 59.9 Å². The van der Waals surface area contributed by atoms with Crippen molar-refractivity contribution in [3.05, 3.63) is 71.0 Å². The SMILES string of the molecule is CCOc1ccc(C2C(C(=O)C(C)(C)C)=C(O)C(=O)N2Cc2ccccc2OC)cc1. The van der Waals surface area contributed by atoms with Gasteiger partial charge in [-0.25, -0.2) is 0 Å². The highest BCUT2D eigenvalue weighted by Gasteiger charge is 2.46. The average Bonchev–Trinajstić information content (AvgIpc) is 2.98. The molecule has 1 heterocycles. The lowest BCUT2D eigenvalue weighted by atomic mass is 9.82. The van der Waals surface area contributed by atoms with Crippen LogP contribution in [0.2, 0.25) is 0 Å². The number of ketones is 1. The fourth-order valence-electron chi connectivity index (χ4n) is 3.73. The first-order valence-corrected chi connectivity index (χ1v) is 10.3. The van der Waals surface area contributed by atoms with Gasteiger partial charge >= 0.3 is 0 Å². The Labute approximate surface area is 183 Å². The van der Waals surface area contributed by atoms with Crippen LogP contribution in [0.1, 0.15) is 44.9 Å². The molecule has 1 aliphatic heterocycles. The quantitative estimate of drug-likeness (QED) is 0.704. The van der Waals surface area contributed by atoms with Gasteiger partial charge in [0.2, 0.25) is 0 Å². The molecule has 0 radical (unpaired) electrons. The molecule has 1 N–H and O–H groups in total. The molecule has 2 aromatic carbocycles. The van der Waals surface area contributed by atoms with Crippen LogP contribution >= 0.6 is 0 Å². The summed E-state index contributed by atoms with van der Waals surface area (Å²) in [5, 5.41) is 10.7. The van der Waals surface area contributed by atoms with E-state index in [4.69, 9.17) is 9.47 Å². The fourth-order valence-corrected chi connectivity index (χ4v) is 3.73. The second-order valence-electron chi connectivity index (χ2n) is 8.49. The van der Waals surface area contributed by atoms with E-state index in [1.807, 2.05) is 43.3 Å². The number of amides is 1. The molecule has 164 valence electrons. The van der Waals surface area contributed by atoms with E-state index in [-0.39, 0.29) is 17.9 Å². The lowest BCUT2D eigenvalue weighted by molar-refractivity contribution is -0.130. The van der Waals surface area contributed by atoms with Crippen LogP contribution in [0.4, 0.5) is 0 Å². The third-order valence-electron chi connectivity index (χ3n) is 5.27. The van der Waals surface area contributed by atoms with Crippen LogP contribution in [-0.2, 0) is 16.1 Å². The van der Waals surface area contributed by atoms with E-state index in [2.05, 4.69) is 0 Å². The van der Waals surface area contributed by atoms with E-state index in [1.165, 1.54) is 4.90 Å². The Morgan fingerprint density at radius 3 is 2.32 bits per heavy atom. The molecular weight excluding hydrogens is 394 g/mol. The molecule has 3 rings (SSSR count). The van der Waals surface area contributed by atoms with Gasteiger partial charge in [0.25, 0.3) is 5.91 Å². The zero-order valence-corrected chi connectivity index (χ0v) is 18.6. The van der Waals surface area contributed by atoms with Gasteiger partial charge in [-0.2, -0.15) is 0 Å². The first-order chi connectivity index (χ1) is 14.7. The average molecular weight is 424 g/mol. The van der Waals surface area contributed by atoms with Crippen LogP contribution in [0.25, 0.3) is 0 Å². The highest BCUT2D eigenvalue weighted by Crippen LogP contribution is 2.42. The highest BCUT2D eigenvalue weighted by atomic mass is 16.5. The number of hydrogen-bond donors (Lipinski definition) is 1.